The molecule has 1 aromatic rings. The zero-order chi connectivity index (χ0) is 14.4. The number of pyridine rings is 1. The Hall–Kier alpha value is -1.66. The summed E-state index contributed by atoms with van der Waals surface area (Å²) in [6, 6.07) is 4.03. The third-order valence-electron chi connectivity index (χ3n) is 3.72. The maximum atomic E-state index is 12.1. The molecule has 110 valence electrons. The van der Waals surface area contributed by atoms with E-state index in [1.54, 1.807) is 12.4 Å². The Morgan fingerprint density at radius 1 is 1.40 bits per heavy atom. The van der Waals surface area contributed by atoms with Gasteiger partial charge in [-0.15, -0.1) is 0 Å². The Morgan fingerprint density at radius 2 is 2.25 bits per heavy atom. The Morgan fingerprint density at radius 3 is 2.90 bits per heavy atom. The van der Waals surface area contributed by atoms with Gasteiger partial charge in [0, 0.05) is 31.5 Å². The second-order valence-corrected chi connectivity index (χ2v) is 5.10. The molecule has 1 aliphatic rings. The number of hydrogen-bond donors (Lipinski definition) is 4. The van der Waals surface area contributed by atoms with Gasteiger partial charge in [0.1, 0.15) is 6.04 Å². The van der Waals surface area contributed by atoms with E-state index in [9.17, 15) is 4.79 Å². The molecule has 0 aliphatic carbocycles. The number of carbonyl (C=O) groups excluding carboxylic acids is 1. The molecule has 1 aromatic heterocycles. The second kappa shape index (κ2) is 7.21. The van der Waals surface area contributed by atoms with Gasteiger partial charge < -0.3 is 10.6 Å². The molecule has 6 nitrogen and oxygen atoms in total. The van der Waals surface area contributed by atoms with Gasteiger partial charge in [0.2, 0.25) is 5.91 Å². The minimum Gasteiger partial charge on any atom is -0.382 e. The lowest BCUT2D eigenvalue weighted by molar-refractivity contribution is -0.123. The van der Waals surface area contributed by atoms with Crippen LogP contribution in [-0.2, 0) is 4.79 Å². The summed E-state index contributed by atoms with van der Waals surface area (Å²) in [5, 5.41) is 6.15. The topological polar surface area (TPSA) is 78.1 Å². The molecular weight excluding hydrogens is 254 g/mol. The quantitative estimate of drug-likeness (QED) is 0.570. The highest BCUT2D eigenvalue weighted by Gasteiger charge is 2.35. The normalized spacial score (nSPS) is 25.4. The predicted octanol–water partition coefficient (Wildman–Crippen LogP) is 0.501. The standard InChI is InChI=1S/C14H23N5O/c1-3-12-10(2)13(19-18-12)14(20)17-8-7-16-11-5-4-6-15-9-11/h4-6,9-10,12-13,16,18-19H,3,7-8H2,1-2H3,(H,17,20). The lowest BCUT2D eigenvalue weighted by atomic mass is 9.94. The molecule has 0 radical (unpaired) electrons. The fraction of sp³-hybridized carbons (Fsp3) is 0.571. The van der Waals surface area contributed by atoms with Crippen LogP contribution in [-0.4, -0.2) is 36.1 Å². The van der Waals surface area contributed by atoms with Crippen LogP contribution in [0.4, 0.5) is 5.69 Å². The highest BCUT2D eigenvalue weighted by atomic mass is 16.2. The first-order valence-electron chi connectivity index (χ1n) is 7.15. The van der Waals surface area contributed by atoms with Crippen molar-refractivity contribution in [3.63, 3.8) is 0 Å². The highest BCUT2D eigenvalue weighted by Crippen LogP contribution is 2.16. The molecule has 2 rings (SSSR count). The molecule has 0 spiro atoms. The van der Waals surface area contributed by atoms with Gasteiger partial charge in [0.25, 0.3) is 0 Å². The van der Waals surface area contributed by atoms with E-state index in [4.69, 9.17) is 0 Å². The monoisotopic (exact) mass is 277 g/mol. The van der Waals surface area contributed by atoms with Crippen molar-refractivity contribution in [1.82, 2.24) is 21.2 Å². The van der Waals surface area contributed by atoms with Crippen LogP contribution in [0.1, 0.15) is 20.3 Å². The lowest BCUT2D eigenvalue weighted by Crippen LogP contribution is -2.46. The summed E-state index contributed by atoms with van der Waals surface area (Å²) >= 11 is 0. The zero-order valence-electron chi connectivity index (χ0n) is 12.0. The lowest BCUT2D eigenvalue weighted by Gasteiger charge is -2.17. The van der Waals surface area contributed by atoms with Gasteiger partial charge >= 0.3 is 0 Å². The van der Waals surface area contributed by atoms with E-state index in [-0.39, 0.29) is 11.9 Å². The van der Waals surface area contributed by atoms with Gasteiger partial charge in [-0.2, -0.15) is 0 Å². The summed E-state index contributed by atoms with van der Waals surface area (Å²) in [5.41, 5.74) is 7.20. The number of hydrazine groups is 1. The van der Waals surface area contributed by atoms with Crippen LogP contribution in [0.2, 0.25) is 0 Å². The van der Waals surface area contributed by atoms with Gasteiger partial charge in [0.05, 0.1) is 5.69 Å². The molecule has 0 bridgehead atoms. The Bertz CT molecular complexity index is 425. The van der Waals surface area contributed by atoms with E-state index >= 15 is 0 Å². The van der Waals surface area contributed by atoms with Crippen LogP contribution in [0.5, 0.6) is 0 Å². The number of carbonyl (C=O) groups is 1. The number of nitrogens with zero attached hydrogens (tertiary/aromatic N) is 1. The Balaban J connectivity index is 1.68. The fourth-order valence-electron chi connectivity index (χ4n) is 2.44. The summed E-state index contributed by atoms with van der Waals surface area (Å²) in [4.78, 5) is 16.1. The van der Waals surface area contributed by atoms with Crippen LogP contribution in [0.3, 0.4) is 0 Å². The molecule has 0 saturated carbocycles. The summed E-state index contributed by atoms with van der Waals surface area (Å²) < 4.78 is 0. The van der Waals surface area contributed by atoms with Crippen molar-refractivity contribution in [2.24, 2.45) is 5.92 Å². The number of aromatic nitrogens is 1. The van der Waals surface area contributed by atoms with Gasteiger partial charge in [-0.25, -0.2) is 5.43 Å². The van der Waals surface area contributed by atoms with Gasteiger partial charge in [-0.1, -0.05) is 13.8 Å². The van der Waals surface area contributed by atoms with Gasteiger partial charge in [-0.3, -0.25) is 15.2 Å². The first-order valence-corrected chi connectivity index (χ1v) is 7.15. The molecule has 1 saturated heterocycles. The van der Waals surface area contributed by atoms with Crippen LogP contribution in [0, 0.1) is 5.92 Å². The maximum Gasteiger partial charge on any atom is 0.238 e. The summed E-state index contributed by atoms with van der Waals surface area (Å²) in [7, 11) is 0. The van der Waals surface area contributed by atoms with Gasteiger partial charge in [0.15, 0.2) is 0 Å². The van der Waals surface area contributed by atoms with E-state index in [2.05, 4.69) is 40.3 Å². The highest BCUT2D eigenvalue weighted by molar-refractivity contribution is 5.82. The molecule has 3 atom stereocenters. The number of nitrogens with one attached hydrogen (secondary N) is 4. The van der Waals surface area contributed by atoms with Crippen molar-refractivity contribution in [2.45, 2.75) is 32.4 Å². The molecule has 0 aromatic carbocycles. The van der Waals surface area contributed by atoms with Crippen molar-refractivity contribution < 1.29 is 4.79 Å². The predicted molar refractivity (Wildman–Crippen MR) is 79.0 cm³/mol. The minimum atomic E-state index is -0.154. The number of anilines is 1. The molecule has 2 heterocycles. The minimum absolute atomic E-state index is 0.0499. The van der Waals surface area contributed by atoms with E-state index < -0.39 is 0 Å². The average molecular weight is 277 g/mol. The smallest absolute Gasteiger partial charge is 0.238 e. The van der Waals surface area contributed by atoms with Crippen LogP contribution >= 0.6 is 0 Å². The summed E-state index contributed by atoms with van der Waals surface area (Å²) in [6.45, 7) is 5.49. The van der Waals surface area contributed by atoms with E-state index in [0.717, 1.165) is 12.1 Å². The third kappa shape index (κ3) is 3.68. The molecule has 4 N–H and O–H groups in total. The molecular formula is C14H23N5O. The fourth-order valence-corrected chi connectivity index (χ4v) is 2.44. The molecule has 20 heavy (non-hydrogen) atoms. The Kier molecular flexibility index (Phi) is 5.31. The summed E-state index contributed by atoms with van der Waals surface area (Å²) in [5.74, 6) is 0.347. The SMILES string of the molecule is CCC1NNC(C(=O)NCCNc2cccnc2)C1C. The summed E-state index contributed by atoms with van der Waals surface area (Å²) in [6.07, 6.45) is 4.51. The molecule has 6 heteroatoms. The molecule has 1 fully saturated rings. The molecule has 1 amide bonds. The van der Waals surface area contributed by atoms with Crippen LogP contribution in [0.25, 0.3) is 0 Å². The van der Waals surface area contributed by atoms with Gasteiger partial charge in [-0.05, 0) is 24.5 Å². The van der Waals surface area contributed by atoms with Crippen molar-refractivity contribution in [1.29, 1.82) is 0 Å². The largest absolute Gasteiger partial charge is 0.382 e. The maximum absolute atomic E-state index is 12.1. The third-order valence-corrected chi connectivity index (χ3v) is 3.72. The van der Waals surface area contributed by atoms with E-state index in [1.165, 1.54) is 0 Å². The van der Waals surface area contributed by atoms with Crippen molar-refractivity contribution in [3.8, 4) is 0 Å². The zero-order valence-corrected chi connectivity index (χ0v) is 12.0. The van der Waals surface area contributed by atoms with Crippen molar-refractivity contribution in [2.75, 3.05) is 18.4 Å². The van der Waals surface area contributed by atoms with Crippen LogP contribution < -0.4 is 21.5 Å². The number of amides is 1. The molecule has 1 aliphatic heterocycles. The number of rotatable bonds is 6. The molecule has 3 unspecified atom stereocenters. The van der Waals surface area contributed by atoms with Crippen molar-refractivity contribution >= 4 is 11.6 Å². The van der Waals surface area contributed by atoms with Crippen molar-refractivity contribution in [3.05, 3.63) is 24.5 Å². The van der Waals surface area contributed by atoms with Crippen LogP contribution in [0.15, 0.2) is 24.5 Å². The average Bonchev–Trinajstić information content (AvgIpc) is 2.85. The van der Waals surface area contributed by atoms with E-state index in [0.29, 0.717) is 25.0 Å². The van der Waals surface area contributed by atoms with E-state index in [1.807, 2.05) is 12.1 Å². The first kappa shape index (κ1) is 14.7. The number of hydrogen-bond acceptors (Lipinski definition) is 5. The second-order valence-electron chi connectivity index (χ2n) is 5.10. The Labute approximate surface area is 119 Å². The first-order chi connectivity index (χ1) is 9.72.